The number of aliphatic imine (C=N–C) groups is 1. The van der Waals surface area contributed by atoms with Crippen LogP contribution in [-0.2, 0) is 0 Å². The fraction of sp³-hybridized carbons (Fsp3) is 0.462. The molecule has 0 aliphatic carbocycles. The Morgan fingerprint density at radius 3 is 2.50 bits per heavy atom. The number of likely N-dealkylation sites (N-methyl/N-ethyl adjacent to an activating group) is 1. The molecule has 0 saturated carbocycles. The third kappa shape index (κ3) is 1.90. The Hall–Kier alpha value is -1.51. The molecular weight excluding hydrogens is 198 g/mol. The zero-order chi connectivity index (χ0) is 11.7. The molecule has 0 bridgehead atoms. The van der Waals surface area contributed by atoms with Gasteiger partial charge in [-0.2, -0.15) is 0 Å². The largest absolute Gasteiger partial charge is 0.370 e. The Labute approximate surface area is 97.0 Å². The van der Waals surface area contributed by atoms with Crippen molar-refractivity contribution < 1.29 is 0 Å². The van der Waals surface area contributed by atoms with Crippen molar-refractivity contribution >= 4 is 5.96 Å². The van der Waals surface area contributed by atoms with E-state index in [0.717, 1.165) is 13.1 Å². The molecule has 1 heterocycles. The van der Waals surface area contributed by atoms with Crippen LogP contribution in [0, 0.1) is 13.8 Å². The highest BCUT2D eigenvalue weighted by molar-refractivity contribution is 5.80. The molecule has 1 aromatic rings. The lowest BCUT2D eigenvalue weighted by atomic mass is 10.0. The number of hydrogen-bond acceptors (Lipinski definition) is 3. The number of benzene rings is 1. The summed E-state index contributed by atoms with van der Waals surface area (Å²) in [4.78, 5) is 6.49. The monoisotopic (exact) mass is 217 g/mol. The summed E-state index contributed by atoms with van der Waals surface area (Å²) in [5.74, 6) is 0.673. The summed E-state index contributed by atoms with van der Waals surface area (Å²) in [7, 11) is 0. The van der Waals surface area contributed by atoms with Gasteiger partial charge in [-0.1, -0.05) is 29.3 Å². The number of rotatable bonds is 2. The van der Waals surface area contributed by atoms with Crippen LogP contribution in [0.15, 0.2) is 23.2 Å². The van der Waals surface area contributed by atoms with Crippen LogP contribution in [0.25, 0.3) is 0 Å². The molecule has 1 aliphatic heterocycles. The molecule has 2 N–H and O–H groups in total. The van der Waals surface area contributed by atoms with E-state index in [1.165, 1.54) is 16.7 Å². The van der Waals surface area contributed by atoms with Crippen LogP contribution in [0.1, 0.15) is 29.7 Å². The van der Waals surface area contributed by atoms with Gasteiger partial charge in [-0.3, -0.25) is 4.99 Å². The zero-order valence-corrected chi connectivity index (χ0v) is 10.2. The van der Waals surface area contributed by atoms with Crippen molar-refractivity contribution in [3.8, 4) is 0 Å². The number of hydrogen-bond donors (Lipinski definition) is 1. The molecule has 3 nitrogen and oxygen atoms in total. The molecule has 0 fully saturated rings. The fourth-order valence-corrected chi connectivity index (χ4v) is 2.40. The van der Waals surface area contributed by atoms with Gasteiger partial charge in [-0.15, -0.1) is 0 Å². The summed E-state index contributed by atoms with van der Waals surface area (Å²) in [5.41, 5.74) is 9.80. The van der Waals surface area contributed by atoms with E-state index < -0.39 is 0 Å². The Morgan fingerprint density at radius 1 is 1.31 bits per heavy atom. The van der Waals surface area contributed by atoms with Gasteiger partial charge < -0.3 is 10.6 Å². The van der Waals surface area contributed by atoms with E-state index in [4.69, 9.17) is 5.73 Å². The molecule has 3 heteroatoms. The van der Waals surface area contributed by atoms with Gasteiger partial charge >= 0.3 is 0 Å². The smallest absolute Gasteiger partial charge is 0.191 e. The molecule has 0 radical (unpaired) electrons. The molecule has 1 aliphatic rings. The Morgan fingerprint density at radius 2 is 1.94 bits per heavy atom. The summed E-state index contributed by atoms with van der Waals surface area (Å²) < 4.78 is 0. The maximum absolute atomic E-state index is 5.87. The summed E-state index contributed by atoms with van der Waals surface area (Å²) in [5, 5.41) is 0. The van der Waals surface area contributed by atoms with E-state index in [1.807, 2.05) is 0 Å². The topological polar surface area (TPSA) is 41.6 Å². The second-order valence-electron chi connectivity index (χ2n) is 4.42. The molecule has 1 unspecified atom stereocenters. The van der Waals surface area contributed by atoms with E-state index >= 15 is 0 Å². The highest BCUT2D eigenvalue weighted by Crippen LogP contribution is 2.26. The summed E-state index contributed by atoms with van der Waals surface area (Å²) in [6.07, 6.45) is 0. The average molecular weight is 217 g/mol. The van der Waals surface area contributed by atoms with Gasteiger partial charge in [0, 0.05) is 6.54 Å². The zero-order valence-electron chi connectivity index (χ0n) is 10.2. The standard InChI is InChI=1S/C13H19N3/c1-4-16-12(8-15-13(16)14)11-6-9(2)5-10(3)7-11/h5-7,12H,4,8H2,1-3H3,(H2,14,15). The van der Waals surface area contributed by atoms with Crippen molar-refractivity contribution in [3.63, 3.8) is 0 Å². The van der Waals surface area contributed by atoms with Crippen LogP contribution in [0.5, 0.6) is 0 Å². The van der Waals surface area contributed by atoms with Crippen molar-refractivity contribution in [2.45, 2.75) is 26.8 Å². The van der Waals surface area contributed by atoms with Gasteiger partial charge in [-0.25, -0.2) is 0 Å². The highest BCUT2D eigenvalue weighted by atomic mass is 15.3. The van der Waals surface area contributed by atoms with Crippen molar-refractivity contribution in [2.24, 2.45) is 10.7 Å². The lowest BCUT2D eigenvalue weighted by Crippen LogP contribution is -2.35. The first kappa shape index (κ1) is 11.0. The van der Waals surface area contributed by atoms with E-state index in [1.54, 1.807) is 0 Å². The maximum Gasteiger partial charge on any atom is 0.191 e. The fourth-order valence-electron chi connectivity index (χ4n) is 2.40. The molecule has 86 valence electrons. The van der Waals surface area contributed by atoms with E-state index in [0.29, 0.717) is 12.0 Å². The number of guanidine groups is 1. The lowest BCUT2D eigenvalue weighted by molar-refractivity contribution is 0.364. The molecule has 0 spiro atoms. The first-order valence-corrected chi connectivity index (χ1v) is 5.76. The quantitative estimate of drug-likeness (QED) is 0.823. The Balaban J connectivity index is 2.31. The molecule has 2 rings (SSSR count). The van der Waals surface area contributed by atoms with Gasteiger partial charge in [0.2, 0.25) is 0 Å². The minimum Gasteiger partial charge on any atom is -0.370 e. The van der Waals surface area contributed by atoms with Gasteiger partial charge in [-0.05, 0) is 26.3 Å². The number of aryl methyl sites for hydroxylation is 2. The predicted octanol–water partition coefficient (Wildman–Crippen LogP) is 1.99. The summed E-state index contributed by atoms with van der Waals surface area (Å²) in [6.45, 7) is 8.07. The normalized spacial score (nSPS) is 20.1. The average Bonchev–Trinajstić information content (AvgIpc) is 2.58. The van der Waals surface area contributed by atoms with E-state index in [-0.39, 0.29) is 0 Å². The minimum atomic E-state index is 0.323. The van der Waals surface area contributed by atoms with Gasteiger partial charge in [0.05, 0.1) is 12.6 Å². The Bertz CT molecular complexity index is 403. The van der Waals surface area contributed by atoms with Crippen LogP contribution in [0.3, 0.4) is 0 Å². The first-order valence-electron chi connectivity index (χ1n) is 5.76. The van der Waals surface area contributed by atoms with E-state index in [9.17, 15) is 0 Å². The second kappa shape index (κ2) is 4.16. The summed E-state index contributed by atoms with van der Waals surface area (Å²) >= 11 is 0. The molecule has 0 aromatic heterocycles. The Kier molecular flexibility index (Phi) is 2.86. The molecular formula is C13H19N3. The van der Waals surface area contributed by atoms with Crippen molar-refractivity contribution in [1.82, 2.24) is 4.90 Å². The number of nitrogens with zero attached hydrogens (tertiary/aromatic N) is 2. The molecule has 0 saturated heterocycles. The van der Waals surface area contributed by atoms with E-state index in [2.05, 4.69) is 48.9 Å². The molecule has 0 amide bonds. The van der Waals surface area contributed by atoms with Gasteiger partial charge in [0.15, 0.2) is 5.96 Å². The van der Waals surface area contributed by atoms with Crippen molar-refractivity contribution in [3.05, 3.63) is 34.9 Å². The SMILES string of the molecule is CCN1C(N)=NCC1c1cc(C)cc(C)c1. The minimum absolute atomic E-state index is 0.323. The van der Waals surface area contributed by atoms with Crippen LogP contribution in [0.2, 0.25) is 0 Å². The van der Waals surface area contributed by atoms with Crippen LogP contribution < -0.4 is 5.73 Å². The highest BCUT2D eigenvalue weighted by Gasteiger charge is 2.25. The van der Waals surface area contributed by atoms with Gasteiger partial charge in [0.1, 0.15) is 0 Å². The predicted molar refractivity (Wildman–Crippen MR) is 67.5 cm³/mol. The molecule has 1 atom stereocenters. The lowest BCUT2D eigenvalue weighted by Gasteiger charge is -2.25. The van der Waals surface area contributed by atoms with Crippen molar-refractivity contribution in [1.29, 1.82) is 0 Å². The summed E-state index contributed by atoms with van der Waals surface area (Å²) in [6, 6.07) is 6.98. The third-order valence-electron chi connectivity index (χ3n) is 3.07. The maximum atomic E-state index is 5.87. The van der Waals surface area contributed by atoms with Crippen LogP contribution >= 0.6 is 0 Å². The number of nitrogens with two attached hydrogens (primary N) is 1. The first-order chi connectivity index (χ1) is 7.61. The van der Waals surface area contributed by atoms with Crippen LogP contribution in [0.4, 0.5) is 0 Å². The second-order valence-corrected chi connectivity index (χ2v) is 4.42. The molecule has 1 aromatic carbocycles. The van der Waals surface area contributed by atoms with Crippen molar-refractivity contribution in [2.75, 3.05) is 13.1 Å². The van der Waals surface area contributed by atoms with Gasteiger partial charge in [0.25, 0.3) is 0 Å². The molecule has 16 heavy (non-hydrogen) atoms. The third-order valence-corrected chi connectivity index (χ3v) is 3.07. The van der Waals surface area contributed by atoms with Crippen LogP contribution in [-0.4, -0.2) is 23.9 Å².